The van der Waals surface area contributed by atoms with Crippen LogP contribution in [0.25, 0.3) is 11.0 Å². The molecule has 0 aliphatic carbocycles. The number of amides is 1. The third kappa shape index (κ3) is 3.99. The number of rotatable bonds is 5. The van der Waals surface area contributed by atoms with Crippen molar-refractivity contribution in [3.8, 4) is 11.5 Å². The normalized spacial score (nSPS) is 18.4. The number of aryl methyl sites for hydroxylation is 1. The van der Waals surface area contributed by atoms with E-state index in [4.69, 9.17) is 14.5 Å². The Morgan fingerprint density at radius 3 is 2.84 bits per heavy atom. The highest BCUT2D eigenvalue weighted by atomic mass is 32.2. The number of hydrogen-bond acceptors (Lipinski definition) is 5. The fourth-order valence-corrected chi connectivity index (χ4v) is 5.44. The third-order valence-electron chi connectivity index (χ3n) is 5.99. The van der Waals surface area contributed by atoms with Crippen LogP contribution in [0.2, 0.25) is 0 Å². The Bertz CT molecular complexity index is 1100. The summed E-state index contributed by atoms with van der Waals surface area (Å²) in [7, 11) is 0. The number of nitrogens with zero attached hydrogens (tertiary/aromatic N) is 3. The van der Waals surface area contributed by atoms with E-state index in [1.54, 1.807) is 0 Å². The Hall–Kier alpha value is -2.67. The van der Waals surface area contributed by atoms with E-state index in [-0.39, 0.29) is 11.9 Å². The standard InChI is InChI=1S/C24H27N3O3S/c1-2-26-20-8-4-3-7-18(20)25-24(26)31-16-23(28)27-12-5-9-19(27)17-10-11-21-22(15-17)30-14-6-13-29-21/h3-4,7-8,10-11,15,19H,2,5-6,9,12-14,16H2,1H3. The van der Waals surface area contributed by atoms with Gasteiger partial charge in [0.2, 0.25) is 5.91 Å². The summed E-state index contributed by atoms with van der Waals surface area (Å²) in [4.78, 5) is 19.9. The maximum atomic E-state index is 13.2. The fraction of sp³-hybridized carbons (Fsp3) is 0.417. The second kappa shape index (κ2) is 8.83. The SMILES string of the molecule is CCn1c(SCC(=O)N2CCCC2c2ccc3c(c2)OCCCO3)nc2ccccc21. The Morgan fingerprint density at radius 1 is 1.13 bits per heavy atom. The first-order valence-corrected chi connectivity index (χ1v) is 12.0. The number of imidazole rings is 1. The predicted octanol–water partition coefficient (Wildman–Crippen LogP) is 4.67. The lowest BCUT2D eigenvalue weighted by Gasteiger charge is -2.25. The molecular formula is C24H27N3O3S. The van der Waals surface area contributed by atoms with E-state index in [0.29, 0.717) is 19.0 Å². The van der Waals surface area contributed by atoms with Crippen LogP contribution in [0.5, 0.6) is 11.5 Å². The van der Waals surface area contributed by atoms with Crippen molar-refractivity contribution < 1.29 is 14.3 Å². The van der Waals surface area contributed by atoms with Crippen molar-refractivity contribution in [3.05, 3.63) is 48.0 Å². The topological polar surface area (TPSA) is 56.6 Å². The van der Waals surface area contributed by atoms with E-state index < -0.39 is 0 Å². The van der Waals surface area contributed by atoms with Crippen LogP contribution in [-0.2, 0) is 11.3 Å². The number of carbonyl (C=O) groups excluding carboxylic acids is 1. The summed E-state index contributed by atoms with van der Waals surface area (Å²) >= 11 is 1.53. The summed E-state index contributed by atoms with van der Waals surface area (Å²) in [5.41, 5.74) is 3.22. The summed E-state index contributed by atoms with van der Waals surface area (Å²) in [5, 5.41) is 0.906. The summed E-state index contributed by atoms with van der Waals surface area (Å²) in [6.07, 6.45) is 2.88. The first kappa shape index (κ1) is 20.2. The van der Waals surface area contributed by atoms with Crippen LogP contribution < -0.4 is 9.47 Å². The maximum absolute atomic E-state index is 13.2. The molecule has 1 atom stereocenters. The minimum absolute atomic E-state index is 0.0928. The third-order valence-corrected chi connectivity index (χ3v) is 6.95. The van der Waals surface area contributed by atoms with E-state index in [0.717, 1.165) is 65.6 Å². The second-order valence-corrected chi connectivity index (χ2v) is 8.86. The molecule has 1 saturated heterocycles. The number of para-hydroxylation sites is 2. The second-order valence-electron chi connectivity index (χ2n) is 7.92. The van der Waals surface area contributed by atoms with Crippen LogP contribution in [0.4, 0.5) is 0 Å². The molecule has 2 aromatic carbocycles. The lowest BCUT2D eigenvalue weighted by atomic mass is 10.0. The molecule has 1 aromatic heterocycles. The number of carbonyl (C=O) groups is 1. The molecule has 0 bridgehead atoms. The smallest absolute Gasteiger partial charge is 0.233 e. The fourth-order valence-electron chi connectivity index (χ4n) is 4.48. The van der Waals surface area contributed by atoms with Crippen LogP contribution in [0.15, 0.2) is 47.6 Å². The van der Waals surface area contributed by atoms with Crippen LogP contribution in [-0.4, -0.2) is 45.9 Å². The number of aromatic nitrogens is 2. The first-order chi connectivity index (χ1) is 15.2. The van der Waals surface area contributed by atoms with Crippen molar-refractivity contribution in [1.29, 1.82) is 0 Å². The number of hydrogen-bond donors (Lipinski definition) is 0. The predicted molar refractivity (Wildman–Crippen MR) is 122 cm³/mol. The van der Waals surface area contributed by atoms with Gasteiger partial charge in [0.1, 0.15) is 0 Å². The van der Waals surface area contributed by atoms with E-state index in [1.807, 2.05) is 29.2 Å². The first-order valence-electron chi connectivity index (χ1n) is 11.0. The minimum atomic E-state index is 0.0928. The molecule has 7 heteroatoms. The Labute approximate surface area is 186 Å². The molecule has 0 N–H and O–H groups in total. The van der Waals surface area contributed by atoms with Gasteiger partial charge in [0, 0.05) is 19.5 Å². The highest BCUT2D eigenvalue weighted by Gasteiger charge is 2.31. The summed E-state index contributed by atoms with van der Waals surface area (Å²) in [6, 6.07) is 14.3. The molecule has 6 nitrogen and oxygen atoms in total. The summed E-state index contributed by atoms with van der Waals surface area (Å²) < 4.78 is 13.8. The van der Waals surface area contributed by atoms with Crippen molar-refractivity contribution >= 4 is 28.7 Å². The van der Waals surface area contributed by atoms with Crippen molar-refractivity contribution in [2.45, 2.75) is 43.9 Å². The monoisotopic (exact) mass is 437 g/mol. The van der Waals surface area contributed by atoms with E-state index in [1.165, 1.54) is 11.8 Å². The minimum Gasteiger partial charge on any atom is -0.490 e. The number of thioether (sulfide) groups is 1. The van der Waals surface area contributed by atoms with Gasteiger partial charge in [-0.25, -0.2) is 4.98 Å². The van der Waals surface area contributed by atoms with Gasteiger partial charge in [-0.15, -0.1) is 0 Å². The van der Waals surface area contributed by atoms with Gasteiger partial charge in [0.15, 0.2) is 16.7 Å². The van der Waals surface area contributed by atoms with Crippen molar-refractivity contribution in [3.63, 3.8) is 0 Å². The maximum Gasteiger partial charge on any atom is 0.233 e. The zero-order chi connectivity index (χ0) is 21.2. The number of benzene rings is 2. The molecule has 3 aromatic rings. The average molecular weight is 438 g/mol. The highest BCUT2D eigenvalue weighted by Crippen LogP contribution is 2.38. The molecular weight excluding hydrogens is 410 g/mol. The average Bonchev–Trinajstić information content (AvgIpc) is 3.35. The zero-order valence-corrected chi connectivity index (χ0v) is 18.6. The largest absolute Gasteiger partial charge is 0.490 e. The van der Waals surface area contributed by atoms with Gasteiger partial charge in [-0.05, 0) is 49.6 Å². The number of ether oxygens (including phenoxy) is 2. The lowest BCUT2D eigenvalue weighted by Crippen LogP contribution is -2.32. The Balaban J connectivity index is 1.31. The zero-order valence-electron chi connectivity index (χ0n) is 17.8. The van der Waals surface area contributed by atoms with Gasteiger partial charge >= 0.3 is 0 Å². The molecule has 0 spiro atoms. The lowest BCUT2D eigenvalue weighted by molar-refractivity contribution is -0.129. The molecule has 2 aliphatic rings. The van der Waals surface area contributed by atoms with Crippen molar-refractivity contribution in [2.75, 3.05) is 25.5 Å². The van der Waals surface area contributed by atoms with Gasteiger partial charge in [0.25, 0.3) is 0 Å². The summed E-state index contributed by atoms with van der Waals surface area (Å²) in [6.45, 7) is 5.09. The number of likely N-dealkylation sites (tertiary alicyclic amines) is 1. The van der Waals surface area contributed by atoms with Crippen LogP contribution in [0.1, 0.15) is 37.8 Å². The van der Waals surface area contributed by atoms with E-state index >= 15 is 0 Å². The molecule has 3 heterocycles. The van der Waals surface area contributed by atoms with Crippen molar-refractivity contribution in [1.82, 2.24) is 14.5 Å². The molecule has 1 fully saturated rings. The van der Waals surface area contributed by atoms with Gasteiger partial charge < -0.3 is 18.9 Å². The van der Waals surface area contributed by atoms with Crippen LogP contribution in [0.3, 0.4) is 0 Å². The molecule has 0 radical (unpaired) electrons. The highest BCUT2D eigenvalue weighted by molar-refractivity contribution is 7.99. The van der Waals surface area contributed by atoms with E-state index in [9.17, 15) is 4.79 Å². The van der Waals surface area contributed by atoms with Crippen LogP contribution in [0, 0.1) is 0 Å². The number of fused-ring (bicyclic) bond motifs is 2. The summed E-state index contributed by atoms with van der Waals surface area (Å²) in [5.74, 6) is 2.14. The molecule has 5 rings (SSSR count). The molecule has 162 valence electrons. The van der Waals surface area contributed by atoms with Gasteiger partial charge in [0.05, 0.1) is 36.0 Å². The Kier molecular flexibility index (Phi) is 5.76. The van der Waals surface area contributed by atoms with Crippen molar-refractivity contribution in [2.24, 2.45) is 0 Å². The van der Waals surface area contributed by atoms with Crippen LogP contribution >= 0.6 is 11.8 Å². The van der Waals surface area contributed by atoms with Gasteiger partial charge in [-0.2, -0.15) is 0 Å². The van der Waals surface area contributed by atoms with Gasteiger partial charge in [-0.3, -0.25) is 4.79 Å². The quantitative estimate of drug-likeness (QED) is 0.543. The molecule has 2 aliphatic heterocycles. The molecule has 1 unspecified atom stereocenters. The Morgan fingerprint density at radius 2 is 1.97 bits per heavy atom. The van der Waals surface area contributed by atoms with Gasteiger partial charge in [-0.1, -0.05) is 30.0 Å². The molecule has 31 heavy (non-hydrogen) atoms. The van der Waals surface area contributed by atoms with E-state index in [2.05, 4.69) is 29.7 Å². The molecule has 1 amide bonds. The molecule has 0 saturated carbocycles.